The van der Waals surface area contributed by atoms with Crippen LogP contribution in [0.25, 0.3) is 0 Å². The van der Waals surface area contributed by atoms with Gasteiger partial charge in [-0.15, -0.1) is 0 Å². The lowest BCUT2D eigenvalue weighted by Gasteiger charge is -2.32. The summed E-state index contributed by atoms with van der Waals surface area (Å²) in [5.74, 6) is 0. The van der Waals surface area contributed by atoms with E-state index in [1.165, 1.54) is 12.5 Å². The van der Waals surface area contributed by atoms with Gasteiger partial charge in [0, 0.05) is 12.6 Å². The summed E-state index contributed by atoms with van der Waals surface area (Å²) in [5, 5.41) is 8.91. The van der Waals surface area contributed by atoms with Crippen molar-refractivity contribution in [2.24, 2.45) is 0 Å². The van der Waals surface area contributed by atoms with Gasteiger partial charge in [0.05, 0.1) is 16.5 Å². The highest BCUT2D eigenvalue weighted by Crippen LogP contribution is 2.27. The standard InChI is InChI=1S/C15H20N2O2S/c1-2-17(14-8-4-3-5-9-14)20(18,19)15-10-6-7-13(11-15)12-16/h6-7,10-11,14H,2-5,8-9H2,1H3. The van der Waals surface area contributed by atoms with Gasteiger partial charge in [-0.25, -0.2) is 8.42 Å². The first-order valence-electron chi connectivity index (χ1n) is 7.11. The minimum atomic E-state index is -3.50. The summed E-state index contributed by atoms with van der Waals surface area (Å²) in [4.78, 5) is 0.226. The maximum Gasteiger partial charge on any atom is 0.243 e. The van der Waals surface area contributed by atoms with Gasteiger partial charge < -0.3 is 0 Å². The zero-order chi connectivity index (χ0) is 14.6. The van der Waals surface area contributed by atoms with Gasteiger partial charge in [-0.05, 0) is 31.0 Å². The van der Waals surface area contributed by atoms with Crippen molar-refractivity contribution in [3.8, 4) is 6.07 Å². The minimum Gasteiger partial charge on any atom is -0.207 e. The Morgan fingerprint density at radius 2 is 2.00 bits per heavy atom. The van der Waals surface area contributed by atoms with Crippen LogP contribution in [0.5, 0.6) is 0 Å². The fourth-order valence-electron chi connectivity index (χ4n) is 2.85. The highest BCUT2D eigenvalue weighted by atomic mass is 32.2. The van der Waals surface area contributed by atoms with Crippen molar-refractivity contribution in [3.63, 3.8) is 0 Å². The van der Waals surface area contributed by atoms with Crippen molar-refractivity contribution in [1.29, 1.82) is 5.26 Å². The van der Waals surface area contributed by atoms with Crippen LogP contribution in [-0.2, 0) is 10.0 Å². The first-order valence-corrected chi connectivity index (χ1v) is 8.55. The number of sulfonamides is 1. The molecule has 1 aliphatic rings. The Kier molecular flexibility index (Phi) is 4.79. The van der Waals surface area contributed by atoms with E-state index >= 15 is 0 Å². The smallest absolute Gasteiger partial charge is 0.207 e. The predicted octanol–water partition coefficient (Wildman–Crippen LogP) is 2.90. The lowest BCUT2D eigenvalue weighted by atomic mass is 9.95. The third-order valence-electron chi connectivity index (χ3n) is 3.86. The van der Waals surface area contributed by atoms with Gasteiger partial charge in [-0.2, -0.15) is 9.57 Å². The molecule has 5 heteroatoms. The van der Waals surface area contributed by atoms with Crippen molar-refractivity contribution in [2.45, 2.75) is 50.0 Å². The monoisotopic (exact) mass is 292 g/mol. The molecular formula is C15H20N2O2S. The second kappa shape index (κ2) is 6.38. The van der Waals surface area contributed by atoms with Crippen LogP contribution in [0.1, 0.15) is 44.6 Å². The Balaban J connectivity index is 2.33. The van der Waals surface area contributed by atoms with E-state index in [1.54, 1.807) is 22.5 Å². The van der Waals surface area contributed by atoms with Crippen molar-refractivity contribution in [2.75, 3.05) is 6.54 Å². The molecule has 0 aliphatic heterocycles. The number of benzene rings is 1. The molecule has 0 saturated heterocycles. The zero-order valence-corrected chi connectivity index (χ0v) is 12.6. The van der Waals surface area contributed by atoms with Gasteiger partial charge in [0.1, 0.15) is 0 Å². The molecular weight excluding hydrogens is 272 g/mol. The summed E-state index contributed by atoms with van der Waals surface area (Å²) in [6.45, 7) is 2.35. The molecule has 0 radical (unpaired) electrons. The summed E-state index contributed by atoms with van der Waals surface area (Å²) in [6.07, 6.45) is 5.25. The highest BCUT2D eigenvalue weighted by Gasteiger charge is 2.31. The van der Waals surface area contributed by atoms with Crippen molar-refractivity contribution in [1.82, 2.24) is 4.31 Å². The third kappa shape index (κ3) is 3.02. The number of hydrogen-bond acceptors (Lipinski definition) is 3. The number of nitrogens with zero attached hydrogens (tertiary/aromatic N) is 2. The molecule has 0 bridgehead atoms. The second-order valence-corrected chi connectivity index (χ2v) is 7.03. The molecule has 0 unspecified atom stereocenters. The van der Waals surface area contributed by atoms with E-state index in [-0.39, 0.29) is 10.9 Å². The fourth-order valence-corrected chi connectivity index (χ4v) is 4.60. The van der Waals surface area contributed by atoms with Crippen LogP contribution in [0.2, 0.25) is 0 Å². The molecule has 0 heterocycles. The maximum absolute atomic E-state index is 12.7. The normalized spacial score (nSPS) is 17.1. The van der Waals surface area contributed by atoms with Gasteiger partial charge in [0.25, 0.3) is 0 Å². The minimum absolute atomic E-state index is 0.101. The summed E-state index contributed by atoms with van der Waals surface area (Å²) in [5.41, 5.74) is 0.380. The summed E-state index contributed by atoms with van der Waals surface area (Å²) < 4.78 is 27.1. The largest absolute Gasteiger partial charge is 0.243 e. The van der Waals surface area contributed by atoms with E-state index in [0.717, 1.165) is 25.7 Å². The molecule has 4 nitrogen and oxygen atoms in total. The average molecular weight is 292 g/mol. The van der Waals surface area contributed by atoms with Crippen LogP contribution in [0.3, 0.4) is 0 Å². The molecule has 1 saturated carbocycles. The first kappa shape index (κ1) is 15.0. The molecule has 2 rings (SSSR count). The van der Waals surface area contributed by atoms with Crippen LogP contribution in [0, 0.1) is 11.3 Å². The van der Waals surface area contributed by atoms with E-state index < -0.39 is 10.0 Å². The fraction of sp³-hybridized carbons (Fsp3) is 0.533. The van der Waals surface area contributed by atoms with E-state index in [0.29, 0.717) is 12.1 Å². The molecule has 1 aromatic rings. The van der Waals surface area contributed by atoms with Gasteiger partial charge in [-0.1, -0.05) is 32.3 Å². The Labute approximate surface area is 121 Å². The molecule has 1 fully saturated rings. The highest BCUT2D eigenvalue weighted by molar-refractivity contribution is 7.89. The third-order valence-corrected chi connectivity index (χ3v) is 5.89. The number of hydrogen-bond donors (Lipinski definition) is 0. The molecule has 1 aromatic carbocycles. The zero-order valence-electron chi connectivity index (χ0n) is 11.7. The number of rotatable bonds is 4. The van der Waals surface area contributed by atoms with Gasteiger partial charge in [0.15, 0.2) is 0 Å². The Hall–Kier alpha value is -1.38. The molecule has 0 spiro atoms. The molecule has 0 N–H and O–H groups in total. The van der Waals surface area contributed by atoms with Gasteiger partial charge in [-0.3, -0.25) is 0 Å². The van der Waals surface area contributed by atoms with Crippen LogP contribution in [0.15, 0.2) is 29.2 Å². The van der Waals surface area contributed by atoms with Crippen molar-refractivity contribution < 1.29 is 8.42 Å². The molecule has 0 aromatic heterocycles. The van der Waals surface area contributed by atoms with E-state index in [9.17, 15) is 8.42 Å². The topological polar surface area (TPSA) is 61.2 Å². The van der Waals surface area contributed by atoms with Gasteiger partial charge >= 0.3 is 0 Å². The molecule has 0 amide bonds. The van der Waals surface area contributed by atoms with Gasteiger partial charge in [0.2, 0.25) is 10.0 Å². The quantitative estimate of drug-likeness (QED) is 0.857. The van der Waals surface area contributed by atoms with Crippen LogP contribution < -0.4 is 0 Å². The predicted molar refractivity (Wildman–Crippen MR) is 77.6 cm³/mol. The molecule has 0 atom stereocenters. The molecule has 1 aliphatic carbocycles. The molecule has 20 heavy (non-hydrogen) atoms. The summed E-state index contributed by atoms with van der Waals surface area (Å²) in [6, 6.07) is 8.37. The van der Waals surface area contributed by atoms with E-state index in [1.807, 2.05) is 13.0 Å². The summed E-state index contributed by atoms with van der Waals surface area (Å²) >= 11 is 0. The average Bonchev–Trinajstić information content (AvgIpc) is 2.49. The molecule has 108 valence electrons. The van der Waals surface area contributed by atoms with E-state index in [2.05, 4.69) is 0 Å². The SMILES string of the molecule is CCN(C1CCCCC1)S(=O)(=O)c1cccc(C#N)c1. The Morgan fingerprint density at radius 3 is 2.60 bits per heavy atom. The second-order valence-electron chi connectivity index (χ2n) is 5.14. The lowest BCUT2D eigenvalue weighted by Crippen LogP contribution is -2.41. The Morgan fingerprint density at radius 1 is 1.30 bits per heavy atom. The lowest BCUT2D eigenvalue weighted by molar-refractivity contribution is 0.261. The Bertz CT molecular complexity index is 599. The van der Waals surface area contributed by atoms with Crippen LogP contribution in [-0.4, -0.2) is 25.3 Å². The van der Waals surface area contributed by atoms with Crippen molar-refractivity contribution in [3.05, 3.63) is 29.8 Å². The van der Waals surface area contributed by atoms with Crippen molar-refractivity contribution >= 4 is 10.0 Å². The number of nitriles is 1. The first-order chi connectivity index (χ1) is 9.59. The van der Waals surface area contributed by atoms with E-state index in [4.69, 9.17) is 5.26 Å². The maximum atomic E-state index is 12.7. The summed E-state index contributed by atoms with van der Waals surface area (Å²) in [7, 11) is -3.50. The van der Waals surface area contributed by atoms with Crippen LogP contribution in [0.4, 0.5) is 0 Å². The van der Waals surface area contributed by atoms with Crippen LogP contribution >= 0.6 is 0 Å².